The van der Waals surface area contributed by atoms with E-state index in [1.807, 2.05) is 54.6 Å². The number of carbonyl (C=O) groups excluding carboxylic acids is 2. The van der Waals surface area contributed by atoms with Crippen LogP contribution < -0.4 is 10.6 Å². The van der Waals surface area contributed by atoms with E-state index in [9.17, 15) is 9.59 Å². The highest BCUT2D eigenvalue weighted by Crippen LogP contribution is 2.34. The second kappa shape index (κ2) is 7.32. The van der Waals surface area contributed by atoms with Gasteiger partial charge in [0, 0.05) is 5.56 Å². The molecule has 5 heteroatoms. The Morgan fingerprint density at radius 2 is 1.80 bits per heavy atom. The Hall–Kier alpha value is -2.92. The Kier molecular flexibility index (Phi) is 4.95. The molecule has 0 saturated heterocycles. The van der Waals surface area contributed by atoms with E-state index in [2.05, 4.69) is 0 Å². The lowest BCUT2D eigenvalue weighted by atomic mass is 9.95. The van der Waals surface area contributed by atoms with Crippen LogP contribution >= 0.6 is 0 Å². The number of benzene rings is 2. The highest BCUT2D eigenvalue weighted by Gasteiger charge is 2.30. The molecule has 1 aliphatic rings. The Balaban J connectivity index is 2.10. The lowest BCUT2D eigenvalue weighted by Gasteiger charge is -2.24. The lowest BCUT2D eigenvalue weighted by molar-refractivity contribution is -0.142. The van der Waals surface area contributed by atoms with Crippen molar-refractivity contribution in [1.82, 2.24) is 0 Å². The molecular formula is C20H20N2O3. The molecule has 0 aliphatic carbocycles. The van der Waals surface area contributed by atoms with Gasteiger partial charge in [-0.3, -0.25) is 14.5 Å². The first-order valence-electron chi connectivity index (χ1n) is 8.21. The molecule has 2 aromatic rings. The second-order valence-electron chi connectivity index (χ2n) is 5.72. The van der Waals surface area contributed by atoms with Gasteiger partial charge in [0.1, 0.15) is 12.6 Å². The number of anilines is 1. The molecule has 1 heterocycles. The molecule has 128 valence electrons. The predicted molar refractivity (Wildman–Crippen MR) is 96.9 cm³/mol. The van der Waals surface area contributed by atoms with E-state index in [0.717, 1.165) is 16.7 Å². The van der Waals surface area contributed by atoms with Crippen LogP contribution in [0.1, 0.15) is 18.1 Å². The normalized spacial score (nSPS) is 16.7. The van der Waals surface area contributed by atoms with Crippen LogP contribution in [0, 0.1) is 0 Å². The van der Waals surface area contributed by atoms with Crippen molar-refractivity contribution in [3.8, 4) is 0 Å². The maximum Gasteiger partial charge on any atom is 0.326 e. The van der Waals surface area contributed by atoms with E-state index < -0.39 is 12.0 Å². The molecule has 0 aromatic heterocycles. The first-order chi connectivity index (χ1) is 12.1. The summed E-state index contributed by atoms with van der Waals surface area (Å²) >= 11 is 0. The Bertz CT molecular complexity index is 815. The number of para-hydroxylation sites is 1. The van der Waals surface area contributed by atoms with Crippen molar-refractivity contribution in [2.45, 2.75) is 13.0 Å². The number of rotatable bonds is 4. The van der Waals surface area contributed by atoms with Crippen molar-refractivity contribution in [1.29, 1.82) is 0 Å². The third-order valence-corrected chi connectivity index (χ3v) is 4.06. The van der Waals surface area contributed by atoms with Gasteiger partial charge >= 0.3 is 5.97 Å². The van der Waals surface area contributed by atoms with E-state index in [1.54, 1.807) is 13.0 Å². The molecule has 0 bridgehead atoms. The average Bonchev–Trinajstić information content (AvgIpc) is 2.73. The van der Waals surface area contributed by atoms with Crippen molar-refractivity contribution >= 4 is 23.1 Å². The summed E-state index contributed by atoms with van der Waals surface area (Å²) in [6, 6.07) is 16.4. The third kappa shape index (κ3) is 3.46. The fraction of sp³-hybridized carbons (Fsp3) is 0.200. The van der Waals surface area contributed by atoms with Crippen LogP contribution in [0.15, 0.2) is 60.7 Å². The molecule has 1 aliphatic heterocycles. The second-order valence-corrected chi connectivity index (χ2v) is 5.72. The van der Waals surface area contributed by atoms with Crippen LogP contribution in [0.2, 0.25) is 0 Å². The SMILES string of the molecule is CCOC(=O)CN1C(=O)C(N)C=C(c2ccccc2)c2ccccc21. The molecule has 5 nitrogen and oxygen atoms in total. The van der Waals surface area contributed by atoms with Crippen LogP contribution in [0.3, 0.4) is 0 Å². The van der Waals surface area contributed by atoms with Crippen LogP contribution in [0.5, 0.6) is 0 Å². The number of hydrogen-bond donors (Lipinski definition) is 1. The minimum Gasteiger partial charge on any atom is -0.465 e. The van der Waals surface area contributed by atoms with Crippen molar-refractivity contribution in [2.24, 2.45) is 5.73 Å². The van der Waals surface area contributed by atoms with Gasteiger partial charge in [0.05, 0.1) is 12.3 Å². The van der Waals surface area contributed by atoms with E-state index in [1.165, 1.54) is 4.90 Å². The number of hydrogen-bond acceptors (Lipinski definition) is 4. The van der Waals surface area contributed by atoms with Crippen LogP contribution in [-0.4, -0.2) is 31.1 Å². The molecule has 0 spiro atoms. The van der Waals surface area contributed by atoms with Crippen LogP contribution in [0.25, 0.3) is 5.57 Å². The monoisotopic (exact) mass is 336 g/mol. The first kappa shape index (κ1) is 16.9. The minimum atomic E-state index is -0.836. The van der Waals surface area contributed by atoms with Gasteiger partial charge < -0.3 is 10.5 Å². The molecular weight excluding hydrogens is 316 g/mol. The fourth-order valence-corrected chi connectivity index (χ4v) is 2.94. The van der Waals surface area contributed by atoms with Crippen LogP contribution in [0.4, 0.5) is 5.69 Å². The number of esters is 1. The van der Waals surface area contributed by atoms with Gasteiger partial charge in [-0.15, -0.1) is 0 Å². The highest BCUT2D eigenvalue weighted by molar-refractivity contribution is 6.07. The minimum absolute atomic E-state index is 0.159. The zero-order valence-electron chi connectivity index (χ0n) is 14.0. The van der Waals surface area contributed by atoms with Gasteiger partial charge in [0.2, 0.25) is 5.91 Å². The van der Waals surface area contributed by atoms with Gasteiger partial charge in [-0.05, 0) is 30.2 Å². The van der Waals surface area contributed by atoms with E-state index in [0.29, 0.717) is 5.69 Å². The third-order valence-electron chi connectivity index (χ3n) is 4.06. The summed E-state index contributed by atoms with van der Waals surface area (Å²) in [4.78, 5) is 26.1. The summed E-state index contributed by atoms with van der Waals surface area (Å²) in [5, 5.41) is 0. The predicted octanol–water partition coefficient (Wildman–Crippen LogP) is 2.36. The maximum absolute atomic E-state index is 12.8. The smallest absolute Gasteiger partial charge is 0.326 e. The summed E-state index contributed by atoms with van der Waals surface area (Å²) in [6.07, 6.45) is 1.75. The Morgan fingerprint density at radius 1 is 1.12 bits per heavy atom. The molecule has 25 heavy (non-hydrogen) atoms. The first-order valence-corrected chi connectivity index (χ1v) is 8.21. The summed E-state index contributed by atoms with van der Waals surface area (Å²) in [5.41, 5.74) is 9.47. The molecule has 3 rings (SSSR count). The summed E-state index contributed by atoms with van der Waals surface area (Å²) < 4.78 is 5.00. The van der Waals surface area contributed by atoms with Crippen molar-refractivity contribution in [3.63, 3.8) is 0 Å². The number of ether oxygens (including phenoxy) is 1. The van der Waals surface area contributed by atoms with Gasteiger partial charge in [0.15, 0.2) is 0 Å². The summed E-state index contributed by atoms with van der Waals surface area (Å²) in [7, 11) is 0. The number of fused-ring (bicyclic) bond motifs is 1. The number of nitrogens with two attached hydrogens (primary N) is 1. The summed E-state index contributed by atoms with van der Waals surface area (Å²) in [5.74, 6) is -0.785. The molecule has 2 aromatic carbocycles. The topological polar surface area (TPSA) is 72.6 Å². The number of nitrogens with zero attached hydrogens (tertiary/aromatic N) is 1. The molecule has 1 amide bonds. The average molecular weight is 336 g/mol. The number of carbonyl (C=O) groups is 2. The lowest BCUT2D eigenvalue weighted by Crippen LogP contribution is -2.45. The standard InChI is InChI=1S/C20H20N2O3/c1-2-25-19(23)13-22-18-11-7-6-10-15(18)16(12-17(21)20(22)24)14-8-4-3-5-9-14/h3-12,17H,2,13,21H2,1H3. The zero-order chi connectivity index (χ0) is 17.8. The quantitative estimate of drug-likeness (QED) is 0.870. The zero-order valence-corrected chi connectivity index (χ0v) is 14.0. The van der Waals surface area contributed by atoms with Crippen LogP contribution in [-0.2, 0) is 14.3 Å². The van der Waals surface area contributed by atoms with Gasteiger partial charge in [-0.25, -0.2) is 0 Å². The van der Waals surface area contributed by atoms with Gasteiger partial charge in [0.25, 0.3) is 0 Å². The molecule has 0 radical (unpaired) electrons. The summed E-state index contributed by atoms with van der Waals surface area (Å²) in [6.45, 7) is 1.84. The van der Waals surface area contributed by atoms with E-state index >= 15 is 0 Å². The van der Waals surface area contributed by atoms with Crippen molar-refractivity contribution in [3.05, 3.63) is 71.8 Å². The fourth-order valence-electron chi connectivity index (χ4n) is 2.94. The van der Waals surface area contributed by atoms with Gasteiger partial charge in [-0.2, -0.15) is 0 Å². The van der Waals surface area contributed by atoms with Crippen molar-refractivity contribution in [2.75, 3.05) is 18.1 Å². The number of amides is 1. The largest absolute Gasteiger partial charge is 0.465 e. The van der Waals surface area contributed by atoms with Gasteiger partial charge in [-0.1, -0.05) is 48.5 Å². The molecule has 0 saturated carbocycles. The van der Waals surface area contributed by atoms with Crippen molar-refractivity contribution < 1.29 is 14.3 Å². The van der Waals surface area contributed by atoms with E-state index in [-0.39, 0.29) is 19.1 Å². The highest BCUT2D eigenvalue weighted by atomic mass is 16.5. The maximum atomic E-state index is 12.8. The molecule has 2 N–H and O–H groups in total. The Morgan fingerprint density at radius 3 is 2.52 bits per heavy atom. The Labute approximate surface area is 146 Å². The van der Waals surface area contributed by atoms with E-state index in [4.69, 9.17) is 10.5 Å². The molecule has 0 fully saturated rings. The molecule has 1 atom stereocenters. The molecule has 1 unspecified atom stereocenters.